The van der Waals surface area contributed by atoms with Crippen LogP contribution in [0.4, 0.5) is 5.69 Å². The summed E-state index contributed by atoms with van der Waals surface area (Å²) >= 11 is 11.5. The minimum absolute atomic E-state index is 0.0603. The molecule has 0 unspecified atom stereocenters. The molecule has 6 heteroatoms. The molecule has 0 aliphatic carbocycles. The minimum atomic E-state index is -0.284. The molecule has 20 heavy (non-hydrogen) atoms. The van der Waals surface area contributed by atoms with Crippen LogP contribution < -0.4 is 5.32 Å². The van der Waals surface area contributed by atoms with Gasteiger partial charge in [0.2, 0.25) is 5.91 Å². The number of aromatic hydroxyl groups is 2. The lowest BCUT2D eigenvalue weighted by Crippen LogP contribution is -2.14. The second-order valence-electron chi connectivity index (χ2n) is 4.18. The first-order valence-corrected chi connectivity index (χ1v) is 6.47. The van der Waals surface area contributed by atoms with Gasteiger partial charge in [-0.15, -0.1) is 0 Å². The molecule has 4 nitrogen and oxygen atoms in total. The van der Waals surface area contributed by atoms with Crippen LogP contribution in [0.1, 0.15) is 5.56 Å². The highest BCUT2D eigenvalue weighted by atomic mass is 35.5. The Bertz CT molecular complexity index is 636. The number of hydrogen-bond donors (Lipinski definition) is 3. The average molecular weight is 312 g/mol. The van der Waals surface area contributed by atoms with Gasteiger partial charge < -0.3 is 15.5 Å². The van der Waals surface area contributed by atoms with Crippen LogP contribution in [0.25, 0.3) is 0 Å². The van der Waals surface area contributed by atoms with Crippen molar-refractivity contribution in [3.63, 3.8) is 0 Å². The summed E-state index contributed by atoms with van der Waals surface area (Å²) in [5.74, 6) is -0.404. The predicted octanol–water partition coefficient (Wildman–Crippen LogP) is 3.59. The molecule has 0 aromatic heterocycles. The van der Waals surface area contributed by atoms with Gasteiger partial charge in [0.1, 0.15) is 5.75 Å². The highest BCUT2D eigenvalue weighted by Gasteiger charge is 2.09. The number of nitrogens with one attached hydrogen (secondary N) is 1. The molecule has 0 radical (unpaired) electrons. The van der Waals surface area contributed by atoms with E-state index in [0.29, 0.717) is 11.3 Å². The van der Waals surface area contributed by atoms with Crippen molar-refractivity contribution in [1.29, 1.82) is 0 Å². The number of amides is 1. The molecule has 104 valence electrons. The summed E-state index contributed by atoms with van der Waals surface area (Å²) < 4.78 is 0. The van der Waals surface area contributed by atoms with Gasteiger partial charge in [0, 0.05) is 5.69 Å². The second-order valence-corrected chi connectivity index (χ2v) is 5.00. The van der Waals surface area contributed by atoms with Crippen molar-refractivity contribution < 1.29 is 15.0 Å². The van der Waals surface area contributed by atoms with Crippen molar-refractivity contribution in [3.8, 4) is 11.5 Å². The Kier molecular flexibility index (Phi) is 4.37. The Hall–Kier alpha value is -1.91. The van der Waals surface area contributed by atoms with Crippen LogP contribution in [0.15, 0.2) is 36.4 Å². The van der Waals surface area contributed by atoms with Crippen LogP contribution in [0, 0.1) is 0 Å². The maximum Gasteiger partial charge on any atom is 0.228 e. The Morgan fingerprint density at radius 2 is 1.75 bits per heavy atom. The van der Waals surface area contributed by atoms with Crippen LogP contribution >= 0.6 is 23.2 Å². The maximum atomic E-state index is 11.9. The van der Waals surface area contributed by atoms with E-state index >= 15 is 0 Å². The summed E-state index contributed by atoms with van der Waals surface area (Å²) in [5.41, 5.74) is 1.07. The number of halogens is 2. The van der Waals surface area contributed by atoms with Crippen molar-refractivity contribution in [2.45, 2.75) is 6.42 Å². The number of benzene rings is 2. The largest absolute Gasteiger partial charge is 0.508 e. The van der Waals surface area contributed by atoms with Crippen molar-refractivity contribution in [2.75, 3.05) is 5.32 Å². The monoisotopic (exact) mass is 311 g/mol. The third kappa shape index (κ3) is 3.56. The van der Waals surface area contributed by atoms with E-state index in [4.69, 9.17) is 23.2 Å². The SMILES string of the molecule is O=C(Cc1cccc(O)c1)Nc1cc(Cl)c(O)c(Cl)c1. The molecule has 2 aromatic carbocycles. The van der Waals surface area contributed by atoms with E-state index in [9.17, 15) is 15.0 Å². The van der Waals surface area contributed by atoms with Crippen LogP contribution in [0.2, 0.25) is 10.0 Å². The predicted molar refractivity (Wildman–Crippen MR) is 78.6 cm³/mol. The van der Waals surface area contributed by atoms with Gasteiger partial charge in [0.25, 0.3) is 0 Å². The molecular formula is C14H11Cl2NO3. The topological polar surface area (TPSA) is 69.6 Å². The summed E-state index contributed by atoms with van der Waals surface area (Å²) in [6.07, 6.45) is 0.102. The van der Waals surface area contributed by atoms with Gasteiger partial charge in [0.15, 0.2) is 5.75 Å². The lowest BCUT2D eigenvalue weighted by atomic mass is 10.1. The average Bonchev–Trinajstić information content (AvgIpc) is 2.35. The van der Waals surface area contributed by atoms with Crippen LogP contribution in [0.3, 0.4) is 0 Å². The summed E-state index contributed by atoms with van der Waals surface area (Å²) in [4.78, 5) is 11.9. The van der Waals surface area contributed by atoms with Crippen molar-refractivity contribution in [1.82, 2.24) is 0 Å². The van der Waals surface area contributed by atoms with E-state index in [-0.39, 0.29) is 33.9 Å². The van der Waals surface area contributed by atoms with E-state index in [0.717, 1.165) is 0 Å². The van der Waals surface area contributed by atoms with E-state index < -0.39 is 0 Å². The van der Waals surface area contributed by atoms with Gasteiger partial charge in [-0.05, 0) is 29.8 Å². The Balaban J connectivity index is 2.09. The molecule has 0 aliphatic rings. The maximum absolute atomic E-state index is 11.9. The fourth-order valence-corrected chi connectivity index (χ4v) is 2.18. The van der Waals surface area contributed by atoms with E-state index in [1.165, 1.54) is 24.3 Å². The smallest absolute Gasteiger partial charge is 0.228 e. The molecule has 0 fully saturated rings. The van der Waals surface area contributed by atoms with E-state index in [1.807, 2.05) is 0 Å². The van der Waals surface area contributed by atoms with Gasteiger partial charge in [-0.1, -0.05) is 35.3 Å². The lowest BCUT2D eigenvalue weighted by Gasteiger charge is -2.08. The normalized spacial score (nSPS) is 10.3. The fraction of sp³-hybridized carbons (Fsp3) is 0.0714. The van der Waals surface area contributed by atoms with Gasteiger partial charge in [-0.25, -0.2) is 0 Å². The number of carbonyl (C=O) groups excluding carboxylic acids is 1. The molecule has 0 saturated heterocycles. The Labute approximate surface area is 125 Å². The number of phenolic OH excluding ortho intramolecular Hbond substituents is 2. The number of carbonyl (C=O) groups is 1. The van der Waals surface area contributed by atoms with Crippen molar-refractivity contribution in [2.24, 2.45) is 0 Å². The molecule has 0 aliphatic heterocycles. The van der Waals surface area contributed by atoms with Crippen LogP contribution in [-0.4, -0.2) is 16.1 Å². The van der Waals surface area contributed by atoms with Gasteiger partial charge in [0.05, 0.1) is 16.5 Å². The molecule has 2 aromatic rings. The second kappa shape index (κ2) is 6.03. The Morgan fingerprint density at radius 1 is 1.10 bits per heavy atom. The molecule has 3 N–H and O–H groups in total. The molecule has 1 amide bonds. The standard InChI is InChI=1S/C14H11Cl2NO3/c15-11-6-9(7-12(16)14(11)20)17-13(19)5-8-2-1-3-10(18)4-8/h1-4,6-7,18,20H,5H2,(H,17,19). The molecule has 0 bridgehead atoms. The first kappa shape index (κ1) is 14.5. The van der Waals surface area contributed by atoms with Crippen LogP contribution in [0.5, 0.6) is 11.5 Å². The molecule has 0 spiro atoms. The van der Waals surface area contributed by atoms with Crippen molar-refractivity contribution >= 4 is 34.8 Å². The quantitative estimate of drug-likeness (QED) is 0.759. The molecule has 0 atom stereocenters. The molecule has 0 saturated carbocycles. The zero-order valence-corrected chi connectivity index (χ0v) is 11.7. The molecule has 2 rings (SSSR count). The summed E-state index contributed by atoms with van der Waals surface area (Å²) in [6, 6.07) is 9.24. The molecular weight excluding hydrogens is 301 g/mol. The van der Waals surface area contributed by atoms with Crippen LogP contribution in [-0.2, 0) is 11.2 Å². The number of anilines is 1. The highest BCUT2D eigenvalue weighted by molar-refractivity contribution is 6.37. The summed E-state index contributed by atoms with van der Waals surface area (Å²) in [5, 5.41) is 21.5. The van der Waals surface area contributed by atoms with E-state index in [1.54, 1.807) is 12.1 Å². The third-order valence-corrected chi connectivity index (χ3v) is 3.15. The molecule has 0 heterocycles. The van der Waals surface area contributed by atoms with Gasteiger partial charge >= 0.3 is 0 Å². The van der Waals surface area contributed by atoms with Crippen molar-refractivity contribution in [3.05, 3.63) is 52.0 Å². The number of hydrogen-bond acceptors (Lipinski definition) is 3. The first-order chi connectivity index (χ1) is 9.45. The Morgan fingerprint density at radius 3 is 2.35 bits per heavy atom. The zero-order chi connectivity index (χ0) is 14.7. The summed E-state index contributed by atoms with van der Waals surface area (Å²) in [7, 11) is 0. The zero-order valence-electron chi connectivity index (χ0n) is 10.2. The number of rotatable bonds is 3. The van der Waals surface area contributed by atoms with Gasteiger partial charge in [-0.3, -0.25) is 4.79 Å². The lowest BCUT2D eigenvalue weighted by molar-refractivity contribution is -0.115. The minimum Gasteiger partial charge on any atom is -0.508 e. The fourth-order valence-electron chi connectivity index (χ4n) is 1.69. The van der Waals surface area contributed by atoms with Gasteiger partial charge in [-0.2, -0.15) is 0 Å². The number of phenols is 2. The first-order valence-electron chi connectivity index (χ1n) is 5.71. The van der Waals surface area contributed by atoms with E-state index in [2.05, 4.69) is 5.32 Å². The summed E-state index contributed by atoms with van der Waals surface area (Å²) in [6.45, 7) is 0. The third-order valence-electron chi connectivity index (χ3n) is 2.58. The highest BCUT2D eigenvalue weighted by Crippen LogP contribution is 2.34.